The van der Waals surface area contributed by atoms with Gasteiger partial charge in [-0.2, -0.15) is 5.26 Å². The highest BCUT2D eigenvalue weighted by molar-refractivity contribution is 5.87. The summed E-state index contributed by atoms with van der Waals surface area (Å²) in [5.41, 5.74) is -0.723. The van der Waals surface area contributed by atoms with Crippen LogP contribution in [0.15, 0.2) is 12.2 Å². The molecule has 1 saturated carbocycles. The highest BCUT2D eigenvalue weighted by Crippen LogP contribution is 2.49. The summed E-state index contributed by atoms with van der Waals surface area (Å²) < 4.78 is 10.6. The van der Waals surface area contributed by atoms with Gasteiger partial charge < -0.3 is 9.47 Å². The quantitative estimate of drug-likeness (QED) is 0.560. The molecule has 0 radical (unpaired) electrons. The molecule has 1 saturated heterocycles. The number of carbonyl (C=O) groups is 2. The van der Waals surface area contributed by atoms with Gasteiger partial charge in [-0.25, -0.2) is 4.79 Å². The number of hydrogen-bond donors (Lipinski definition) is 0. The lowest BCUT2D eigenvalue weighted by Crippen LogP contribution is -2.54. The summed E-state index contributed by atoms with van der Waals surface area (Å²) in [4.78, 5) is 23.3. The van der Waals surface area contributed by atoms with Gasteiger partial charge in [0.2, 0.25) is 6.10 Å². The van der Waals surface area contributed by atoms with Crippen LogP contribution in [0.2, 0.25) is 0 Å². The minimum Gasteiger partial charge on any atom is -0.450 e. The van der Waals surface area contributed by atoms with Crippen LogP contribution in [0.1, 0.15) is 33.1 Å². The Morgan fingerprint density at radius 3 is 2.89 bits per heavy atom. The number of nitrogens with zero attached hydrogens (tertiary/aromatic N) is 1. The van der Waals surface area contributed by atoms with Crippen molar-refractivity contribution in [2.24, 2.45) is 11.8 Å². The predicted molar refractivity (Wildman–Crippen MR) is 65.6 cm³/mol. The lowest BCUT2D eigenvalue weighted by atomic mass is 9.81. The largest absolute Gasteiger partial charge is 0.450 e. The highest BCUT2D eigenvalue weighted by Gasteiger charge is 2.59. The van der Waals surface area contributed by atoms with Crippen molar-refractivity contribution in [2.45, 2.75) is 44.8 Å². The average Bonchev–Trinajstić information content (AvgIpc) is 2.63. The van der Waals surface area contributed by atoms with Crippen LogP contribution in [0.4, 0.5) is 0 Å². The number of fused-ring (bicyclic) bond motifs is 1. The van der Waals surface area contributed by atoms with E-state index in [-0.39, 0.29) is 23.8 Å². The number of ether oxygens (including phenoxy) is 2. The van der Waals surface area contributed by atoms with E-state index in [2.05, 4.69) is 6.58 Å². The molecular formula is C14H17NO4. The van der Waals surface area contributed by atoms with Gasteiger partial charge in [0.25, 0.3) is 0 Å². The molecule has 2 fully saturated rings. The second-order valence-corrected chi connectivity index (χ2v) is 5.57. The zero-order valence-corrected chi connectivity index (χ0v) is 11.1. The van der Waals surface area contributed by atoms with E-state index in [1.807, 2.05) is 13.0 Å². The van der Waals surface area contributed by atoms with Crippen LogP contribution < -0.4 is 0 Å². The van der Waals surface area contributed by atoms with E-state index in [1.165, 1.54) is 0 Å². The monoisotopic (exact) mass is 263 g/mol. The number of rotatable bonds is 2. The van der Waals surface area contributed by atoms with E-state index in [1.54, 1.807) is 6.92 Å². The third-order valence-electron chi connectivity index (χ3n) is 3.90. The van der Waals surface area contributed by atoms with Crippen molar-refractivity contribution in [2.75, 3.05) is 0 Å². The summed E-state index contributed by atoms with van der Waals surface area (Å²) in [5.74, 6) is -0.782. The van der Waals surface area contributed by atoms with Gasteiger partial charge in [-0.3, -0.25) is 4.79 Å². The van der Waals surface area contributed by atoms with Crippen molar-refractivity contribution >= 4 is 11.9 Å². The molecule has 0 bridgehead atoms. The molecule has 0 aromatic carbocycles. The van der Waals surface area contributed by atoms with Crippen molar-refractivity contribution in [1.29, 1.82) is 5.26 Å². The summed E-state index contributed by atoms with van der Waals surface area (Å²) in [5, 5.41) is 9.22. The molecule has 19 heavy (non-hydrogen) atoms. The molecule has 5 nitrogen and oxygen atoms in total. The van der Waals surface area contributed by atoms with Crippen LogP contribution in [0, 0.1) is 23.2 Å². The summed E-state index contributed by atoms with van der Waals surface area (Å²) in [6, 6.07) is 1.96. The molecule has 0 aromatic heterocycles. The maximum atomic E-state index is 11.8. The molecule has 5 heteroatoms. The Labute approximate surface area is 112 Å². The first-order chi connectivity index (χ1) is 8.89. The fourth-order valence-electron chi connectivity index (χ4n) is 3.11. The minimum atomic E-state index is -1.02. The number of esters is 2. The summed E-state index contributed by atoms with van der Waals surface area (Å²) in [7, 11) is 0. The summed E-state index contributed by atoms with van der Waals surface area (Å²) in [6.07, 6.45) is 0.484. The van der Waals surface area contributed by atoms with Crippen molar-refractivity contribution in [3.63, 3.8) is 0 Å². The van der Waals surface area contributed by atoms with Crippen LogP contribution >= 0.6 is 0 Å². The van der Waals surface area contributed by atoms with E-state index in [9.17, 15) is 14.9 Å². The van der Waals surface area contributed by atoms with E-state index >= 15 is 0 Å². The minimum absolute atomic E-state index is 0.142. The highest BCUT2D eigenvalue weighted by atomic mass is 16.6. The van der Waals surface area contributed by atoms with Gasteiger partial charge in [0.1, 0.15) is 6.07 Å². The molecule has 2 aliphatic rings. The SMILES string of the molecule is C=C(C)C(=O)OC12CC(C)CC1CC(=O)OC2C#N. The second kappa shape index (κ2) is 4.69. The van der Waals surface area contributed by atoms with Crippen LogP contribution in [-0.4, -0.2) is 23.6 Å². The maximum absolute atomic E-state index is 11.8. The van der Waals surface area contributed by atoms with Crippen molar-refractivity contribution in [3.8, 4) is 6.07 Å². The van der Waals surface area contributed by atoms with E-state index in [4.69, 9.17) is 9.47 Å². The van der Waals surface area contributed by atoms with Gasteiger partial charge in [0, 0.05) is 11.5 Å². The third kappa shape index (κ3) is 2.23. The molecule has 1 aliphatic heterocycles. The number of carbonyl (C=O) groups excluding carboxylic acids is 2. The molecule has 102 valence electrons. The van der Waals surface area contributed by atoms with Gasteiger partial charge in [-0.1, -0.05) is 13.5 Å². The van der Waals surface area contributed by atoms with Crippen LogP contribution in [0.3, 0.4) is 0 Å². The van der Waals surface area contributed by atoms with Gasteiger partial charge in [-0.15, -0.1) is 0 Å². The van der Waals surface area contributed by atoms with Crippen molar-refractivity contribution in [3.05, 3.63) is 12.2 Å². The lowest BCUT2D eigenvalue weighted by Gasteiger charge is -2.40. The van der Waals surface area contributed by atoms with E-state index in [0.717, 1.165) is 6.42 Å². The fraction of sp³-hybridized carbons (Fsp3) is 0.643. The molecule has 4 unspecified atom stereocenters. The topological polar surface area (TPSA) is 76.4 Å². The number of hydrogen-bond acceptors (Lipinski definition) is 5. The molecule has 0 amide bonds. The summed E-state index contributed by atoms with van der Waals surface area (Å²) in [6.45, 7) is 7.13. The molecule has 0 spiro atoms. The van der Waals surface area contributed by atoms with Gasteiger partial charge >= 0.3 is 11.9 Å². The van der Waals surface area contributed by atoms with Gasteiger partial charge in [-0.05, 0) is 25.7 Å². The summed E-state index contributed by atoms with van der Waals surface area (Å²) >= 11 is 0. The first-order valence-electron chi connectivity index (χ1n) is 6.37. The number of cyclic esters (lactones) is 1. The van der Waals surface area contributed by atoms with Crippen LogP contribution in [0.25, 0.3) is 0 Å². The zero-order valence-electron chi connectivity index (χ0n) is 11.1. The van der Waals surface area contributed by atoms with Crippen molar-refractivity contribution in [1.82, 2.24) is 0 Å². The zero-order chi connectivity index (χ0) is 14.2. The van der Waals surface area contributed by atoms with E-state index < -0.39 is 23.6 Å². The Hall–Kier alpha value is -1.83. The second-order valence-electron chi connectivity index (χ2n) is 5.57. The Morgan fingerprint density at radius 1 is 1.63 bits per heavy atom. The Bertz CT molecular complexity index is 478. The molecule has 4 atom stereocenters. The normalized spacial score (nSPS) is 36.9. The van der Waals surface area contributed by atoms with Crippen LogP contribution in [0.5, 0.6) is 0 Å². The average molecular weight is 263 g/mol. The van der Waals surface area contributed by atoms with Gasteiger partial charge in [0.05, 0.1) is 6.42 Å². The Balaban J connectivity index is 2.35. The number of nitriles is 1. The molecule has 1 aliphatic carbocycles. The van der Waals surface area contributed by atoms with Crippen LogP contribution in [-0.2, 0) is 19.1 Å². The smallest absolute Gasteiger partial charge is 0.333 e. The standard InChI is InChI=1S/C14H17NO4/c1-8(2)13(17)19-14-6-9(3)4-10(14)5-12(16)18-11(14)7-15/h9-11H,1,4-6H2,2-3H3. The fourth-order valence-corrected chi connectivity index (χ4v) is 3.11. The first kappa shape index (κ1) is 13.6. The Kier molecular flexibility index (Phi) is 3.36. The molecule has 1 heterocycles. The lowest BCUT2D eigenvalue weighted by molar-refractivity contribution is -0.198. The molecule has 2 rings (SSSR count). The molecular weight excluding hydrogens is 246 g/mol. The van der Waals surface area contributed by atoms with Crippen molar-refractivity contribution < 1.29 is 19.1 Å². The molecule has 0 N–H and O–H groups in total. The molecule has 0 aromatic rings. The third-order valence-corrected chi connectivity index (χ3v) is 3.90. The predicted octanol–water partition coefficient (Wildman–Crippen LogP) is 1.73. The van der Waals surface area contributed by atoms with Gasteiger partial charge in [0.15, 0.2) is 5.60 Å². The first-order valence-corrected chi connectivity index (χ1v) is 6.37. The van der Waals surface area contributed by atoms with E-state index in [0.29, 0.717) is 6.42 Å². The maximum Gasteiger partial charge on any atom is 0.333 e. The Morgan fingerprint density at radius 2 is 2.32 bits per heavy atom.